The Balaban J connectivity index is 4.13. The maximum absolute atomic E-state index is 12.0. The van der Waals surface area contributed by atoms with Crippen LogP contribution in [0.25, 0.3) is 0 Å². The normalized spacial score (nSPS) is 12.3. The monoisotopic (exact) mass is 271 g/mol. The Hall–Kier alpha value is -1.10. The zero-order valence-electron chi connectivity index (χ0n) is 12.7. The fraction of sp³-hybridized carbons (Fsp3) is 0.857. The lowest BCUT2D eigenvalue weighted by atomic mass is 10.0. The van der Waals surface area contributed by atoms with Crippen LogP contribution >= 0.6 is 0 Å². The summed E-state index contributed by atoms with van der Waals surface area (Å²) in [7, 11) is 0. The molecule has 0 aliphatic heterocycles. The molecule has 1 atom stereocenters. The molecule has 1 unspecified atom stereocenters. The average molecular weight is 271 g/mol. The number of amides is 2. The molecule has 0 aromatic rings. The molecule has 0 spiro atoms. The maximum Gasteiger partial charge on any atom is 0.239 e. The van der Waals surface area contributed by atoms with Gasteiger partial charge in [-0.15, -0.1) is 0 Å². The van der Waals surface area contributed by atoms with Crippen LogP contribution in [0.5, 0.6) is 0 Å². The number of carbonyl (C=O) groups excluding carboxylic acids is 2. The van der Waals surface area contributed by atoms with Gasteiger partial charge < -0.3 is 16.0 Å². The van der Waals surface area contributed by atoms with Crippen molar-refractivity contribution in [1.29, 1.82) is 0 Å². The third kappa shape index (κ3) is 8.59. The van der Waals surface area contributed by atoms with E-state index in [1.54, 1.807) is 4.90 Å². The highest BCUT2D eigenvalue weighted by Gasteiger charge is 2.16. The van der Waals surface area contributed by atoms with Gasteiger partial charge >= 0.3 is 0 Å². The van der Waals surface area contributed by atoms with Crippen molar-refractivity contribution in [2.75, 3.05) is 19.6 Å². The summed E-state index contributed by atoms with van der Waals surface area (Å²) in [6, 6.07) is 0.103. The molecule has 0 saturated heterocycles. The van der Waals surface area contributed by atoms with Gasteiger partial charge in [0.1, 0.15) is 0 Å². The van der Waals surface area contributed by atoms with E-state index in [9.17, 15) is 9.59 Å². The van der Waals surface area contributed by atoms with Gasteiger partial charge in [-0.3, -0.25) is 9.59 Å². The predicted molar refractivity (Wildman–Crippen MR) is 77.6 cm³/mol. The highest BCUT2D eigenvalue weighted by molar-refractivity contribution is 5.84. The molecule has 0 fully saturated rings. The molecule has 5 nitrogen and oxygen atoms in total. The van der Waals surface area contributed by atoms with Crippen molar-refractivity contribution in [2.24, 2.45) is 11.7 Å². The lowest BCUT2D eigenvalue weighted by Gasteiger charge is -2.22. The number of rotatable bonds is 9. The highest BCUT2D eigenvalue weighted by atomic mass is 16.2. The topological polar surface area (TPSA) is 75.4 Å². The van der Waals surface area contributed by atoms with Crippen LogP contribution in [0.3, 0.4) is 0 Å². The summed E-state index contributed by atoms with van der Waals surface area (Å²) < 4.78 is 0. The summed E-state index contributed by atoms with van der Waals surface area (Å²) >= 11 is 0. The summed E-state index contributed by atoms with van der Waals surface area (Å²) in [4.78, 5) is 25.3. The molecule has 0 aliphatic rings. The molecule has 112 valence electrons. The van der Waals surface area contributed by atoms with Crippen LogP contribution in [0.4, 0.5) is 0 Å². The lowest BCUT2D eigenvalue weighted by Crippen LogP contribution is -2.42. The van der Waals surface area contributed by atoms with Gasteiger partial charge in [0.25, 0.3) is 0 Å². The molecule has 5 heteroatoms. The lowest BCUT2D eigenvalue weighted by molar-refractivity contribution is -0.136. The predicted octanol–water partition coefficient (Wildman–Crippen LogP) is 1.12. The third-order valence-electron chi connectivity index (χ3n) is 3.03. The Labute approximate surface area is 116 Å². The SMILES string of the molecule is CCN(CC(=O)NC(C)C)C(=O)CCC(C)CCN. The standard InChI is InChI=1S/C14H29N3O2/c1-5-17(10-13(18)16-11(2)3)14(19)7-6-12(4)8-9-15/h11-12H,5-10,15H2,1-4H3,(H,16,18). The second kappa shape index (κ2) is 9.78. The van der Waals surface area contributed by atoms with E-state index in [4.69, 9.17) is 5.73 Å². The Morgan fingerprint density at radius 2 is 1.84 bits per heavy atom. The molecule has 0 bridgehead atoms. The number of nitrogens with two attached hydrogens (primary N) is 1. The van der Waals surface area contributed by atoms with Crippen LogP contribution in [0, 0.1) is 5.92 Å². The molecule has 0 saturated carbocycles. The molecule has 2 amide bonds. The molecule has 3 N–H and O–H groups in total. The second-order valence-corrected chi connectivity index (χ2v) is 5.35. The van der Waals surface area contributed by atoms with Gasteiger partial charge in [0.2, 0.25) is 11.8 Å². The summed E-state index contributed by atoms with van der Waals surface area (Å²) in [6.07, 6.45) is 2.26. The summed E-state index contributed by atoms with van der Waals surface area (Å²) in [5, 5.41) is 2.80. The zero-order valence-corrected chi connectivity index (χ0v) is 12.7. The van der Waals surface area contributed by atoms with Crippen LogP contribution in [-0.4, -0.2) is 42.4 Å². The molecular weight excluding hydrogens is 242 g/mol. The Bertz CT molecular complexity index is 280. The van der Waals surface area contributed by atoms with Gasteiger partial charge in [-0.2, -0.15) is 0 Å². The van der Waals surface area contributed by atoms with Crippen molar-refractivity contribution in [2.45, 2.75) is 53.0 Å². The minimum atomic E-state index is -0.0970. The first-order valence-electron chi connectivity index (χ1n) is 7.17. The van der Waals surface area contributed by atoms with Gasteiger partial charge in [-0.1, -0.05) is 6.92 Å². The average Bonchev–Trinajstić information content (AvgIpc) is 2.32. The van der Waals surface area contributed by atoms with E-state index in [-0.39, 0.29) is 24.4 Å². The van der Waals surface area contributed by atoms with Crippen molar-refractivity contribution < 1.29 is 9.59 Å². The summed E-state index contributed by atoms with van der Waals surface area (Å²) in [5.74, 6) is 0.405. The zero-order chi connectivity index (χ0) is 14.8. The van der Waals surface area contributed by atoms with E-state index >= 15 is 0 Å². The minimum absolute atomic E-state index is 0.0466. The molecule has 0 aliphatic carbocycles. The van der Waals surface area contributed by atoms with Crippen LogP contribution < -0.4 is 11.1 Å². The first-order valence-corrected chi connectivity index (χ1v) is 7.17. The third-order valence-corrected chi connectivity index (χ3v) is 3.03. The van der Waals surface area contributed by atoms with Crippen molar-refractivity contribution in [3.8, 4) is 0 Å². The number of nitrogens with one attached hydrogen (secondary N) is 1. The first-order chi connectivity index (χ1) is 8.90. The maximum atomic E-state index is 12.0. The number of hydrogen-bond donors (Lipinski definition) is 2. The molecular formula is C14H29N3O2. The van der Waals surface area contributed by atoms with E-state index in [0.29, 0.717) is 25.4 Å². The first kappa shape index (κ1) is 17.9. The van der Waals surface area contributed by atoms with Gasteiger partial charge in [0.05, 0.1) is 6.54 Å². The molecule has 0 rings (SSSR count). The molecule has 0 aromatic carbocycles. The van der Waals surface area contributed by atoms with Crippen LogP contribution in [0.2, 0.25) is 0 Å². The minimum Gasteiger partial charge on any atom is -0.352 e. The fourth-order valence-corrected chi connectivity index (χ4v) is 1.87. The highest BCUT2D eigenvalue weighted by Crippen LogP contribution is 2.10. The van der Waals surface area contributed by atoms with Gasteiger partial charge in [-0.05, 0) is 46.1 Å². The van der Waals surface area contributed by atoms with E-state index < -0.39 is 0 Å². The van der Waals surface area contributed by atoms with E-state index in [1.165, 1.54) is 0 Å². The Morgan fingerprint density at radius 3 is 2.32 bits per heavy atom. The van der Waals surface area contributed by atoms with Crippen molar-refractivity contribution in [3.63, 3.8) is 0 Å². The smallest absolute Gasteiger partial charge is 0.239 e. The fourth-order valence-electron chi connectivity index (χ4n) is 1.87. The van der Waals surface area contributed by atoms with E-state index in [1.807, 2.05) is 20.8 Å². The van der Waals surface area contributed by atoms with E-state index in [2.05, 4.69) is 12.2 Å². The number of nitrogens with zero attached hydrogens (tertiary/aromatic N) is 1. The molecule has 19 heavy (non-hydrogen) atoms. The van der Waals surface area contributed by atoms with Crippen molar-refractivity contribution in [3.05, 3.63) is 0 Å². The van der Waals surface area contributed by atoms with Crippen LogP contribution in [0.1, 0.15) is 47.0 Å². The quantitative estimate of drug-likeness (QED) is 0.660. The van der Waals surface area contributed by atoms with Crippen molar-refractivity contribution in [1.82, 2.24) is 10.2 Å². The van der Waals surface area contributed by atoms with Gasteiger partial charge in [-0.25, -0.2) is 0 Å². The number of carbonyl (C=O) groups is 2. The molecule has 0 heterocycles. The van der Waals surface area contributed by atoms with E-state index in [0.717, 1.165) is 12.8 Å². The van der Waals surface area contributed by atoms with Crippen LogP contribution in [-0.2, 0) is 9.59 Å². The summed E-state index contributed by atoms with van der Waals surface area (Å²) in [6.45, 7) is 9.18. The van der Waals surface area contributed by atoms with Crippen molar-refractivity contribution >= 4 is 11.8 Å². The van der Waals surface area contributed by atoms with Gasteiger partial charge in [0, 0.05) is 19.0 Å². The second-order valence-electron chi connectivity index (χ2n) is 5.35. The number of likely N-dealkylation sites (N-methyl/N-ethyl adjacent to an activating group) is 1. The largest absolute Gasteiger partial charge is 0.352 e. The molecule has 0 aromatic heterocycles. The van der Waals surface area contributed by atoms with Gasteiger partial charge in [0.15, 0.2) is 0 Å². The summed E-state index contributed by atoms with van der Waals surface area (Å²) in [5.41, 5.74) is 5.49. The van der Waals surface area contributed by atoms with Crippen LogP contribution in [0.15, 0.2) is 0 Å². The number of hydrogen-bond acceptors (Lipinski definition) is 3. The molecule has 0 radical (unpaired) electrons. The Morgan fingerprint density at radius 1 is 1.21 bits per heavy atom. The Kier molecular flexibility index (Phi) is 9.21.